The molecule has 0 aromatic carbocycles. The molecule has 0 radical (unpaired) electrons. The van der Waals surface area contributed by atoms with Crippen molar-refractivity contribution in [2.45, 2.75) is 0 Å². The van der Waals surface area contributed by atoms with E-state index in [2.05, 4.69) is 0 Å². The standard InChI is InChI=1S/C2H4FNO4S/c3-9(7,8)4-1-2(5)6/h4H,1H2,(H,5,6)/p-1. The summed E-state index contributed by atoms with van der Waals surface area (Å²) in [4.78, 5) is 9.44. The molecule has 0 aliphatic rings. The molecule has 0 atom stereocenters. The molecular weight excluding hydrogens is 153 g/mol. The lowest BCUT2D eigenvalue weighted by molar-refractivity contribution is -0.303. The van der Waals surface area contributed by atoms with Crippen LogP contribution in [0.15, 0.2) is 0 Å². The number of carbonyl (C=O) groups is 1. The maximum Gasteiger partial charge on any atom is 0.372 e. The van der Waals surface area contributed by atoms with Crippen molar-refractivity contribution < 1.29 is 22.2 Å². The third-order valence-corrected chi connectivity index (χ3v) is 0.878. The second-order valence-corrected chi connectivity index (χ2v) is 2.30. The van der Waals surface area contributed by atoms with Gasteiger partial charge in [-0.3, -0.25) is 0 Å². The molecule has 0 aliphatic carbocycles. The molecule has 0 aliphatic heterocycles. The number of hydrogen-bond donors (Lipinski definition) is 1. The molecule has 0 fully saturated rings. The monoisotopic (exact) mass is 156 g/mol. The number of aliphatic carboxylic acids is 1. The number of halogens is 1. The Bertz CT molecular complexity index is 197. The van der Waals surface area contributed by atoms with Crippen LogP contribution in [0.5, 0.6) is 0 Å². The van der Waals surface area contributed by atoms with Gasteiger partial charge in [0.15, 0.2) is 0 Å². The van der Waals surface area contributed by atoms with Gasteiger partial charge in [0.1, 0.15) is 0 Å². The topological polar surface area (TPSA) is 86.3 Å². The van der Waals surface area contributed by atoms with Gasteiger partial charge in [-0.1, -0.05) is 3.89 Å². The van der Waals surface area contributed by atoms with Crippen LogP contribution < -0.4 is 9.83 Å². The van der Waals surface area contributed by atoms with Gasteiger partial charge < -0.3 is 9.90 Å². The van der Waals surface area contributed by atoms with Gasteiger partial charge in [0, 0.05) is 0 Å². The molecule has 0 heterocycles. The van der Waals surface area contributed by atoms with E-state index in [-0.39, 0.29) is 0 Å². The number of hydrogen-bond acceptors (Lipinski definition) is 4. The summed E-state index contributed by atoms with van der Waals surface area (Å²) in [5.41, 5.74) is 0. The number of rotatable bonds is 3. The third-order valence-electron chi connectivity index (χ3n) is 0.389. The van der Waals surface area contributed by atoms with Gasteiger partial charge in [-0.05, 0) is 0 Å². The normalized spacial score (nSPS) is 11.2. The van der Waals surface area contributed by atoms with E-state index >= 15 is 0 Å². The van der Waals surface area contributed by atoms with Crippen LogP contribution in [-0.4, -0.2) is 20.9 Å². The largest absolute Gasteiger partial charge is 0.549 e. The Hall–Kier alpha value is -0.690. The molecule has 0 aromatic heterocycles. The Balaban J connectivity index is 3.67. The predicted octanol–water partition coefficient (Wildman–Crippen LogP) is -2.46. The Morgan fingerprint density at radius 2 is 2.11 bits per heavy atom. The van der Waals surface area contributed by atoms with Crippen molar-refractivity contribution >= 4 is 16.4 Å². The molecule has 0 bridgehead atoms. The van der Waals surface area contributed by atoms with E-state index in [0.29, 0.717) is 0 Å². The summed E-state index contributed by atoms with van der Waals surface area (Å²) < 4.78 is 31.3. The van der Waals surface area contributed by atoms with E-state index in [9.17, 15) is 22.2 Å². The summed E-state index contributed by atoms with van der Waals surface area (Å²) in [6.45, 7) is -1.04. The first-order valence-corrected chi connectivity index (χ1v) is 3.19. The summed E-state index contributed by atoms with van der Waals surface area (Å²) in [7, 11) is -4.89. The van der Waals surface area contributed by atoms with Crippen molar-refractivity contribution in [1.29, 1.82) is 0 Å². The number of carboxylic acids is 1. The molecule has 0 unspecified atom stereocenters. The molecule has 0 saturated carbocycles. The minimum absolute atomic E-state index is 1.04. The minimum Gasteiger partial charge on any atom is -0.549 e. The average molecular weight is 156 g/mol. The smallest absolute Gasteiger partial charge is 0.372 e. The second kappa shape index (κ2) is 2.74. The maximum absolute atomic E-state index is 11.3. The summed E-state index contributed by atoms with van der Waals surface area (Å²) >= 11 is 0. The highest BCUT2D eigenvalue weighted by Gasteiger charge is 2.02. The van der Waals surface area contributed by atoms with Crippen LogP contribution in [0.3, 0.4) is 0 Å². The zero-order chi connectivity index (χ0) is 7.49. The Morgan fingerprint density at radius 1 is 1.67 bits per heavy atom. The van der Waals surface area contributed by atoms with Crippen molar-refractivity contribution in [2.75, 3.05) is 6.54 Å². The van der Waals surface area contributed by atoms with Crippen LogP contribution in [0.4, 0.5) is 3.89 Å². The van der Waals surface area contributed by atoms with E-state index in [1.54, 1.807) is 0 Å². The van der Waals surface area contributed by atoms with Gasteiger partial charge in [0.05, 0.1) is 12.5 Å². The summed E-state index contributed by atoms with van der Waals surface area (Å²) in [6.07, 6.45) is 0. The zero-order valence-corrected chi connectivity index (χ0v) is 4.94. The molecular formula is C2H3FNO4S-. The first-order valence-electron chi connectivity index (χ1n) is 1.81. The molecule has 0 aromatic rings. The molecule has 0 rings (SSSR count). The summed E-state index contributed by atoms with van der Waals surface area (Å²) in [6, 6.07) is 0. The fourth-order valence-electron chi connectivity index (χ4n) is 0.145. The maximum atomic E-state index is 11.3. The second-order valence-electron chi connectivity index (χ2n) is 1.13. The van der Waals surface area contributed by atoms with E-state index < -0.39 is 22.9 Å². The average Bonchev–Trinajstić information content (AvgIpc) is 1.59. The molecule has 1 N–H and O–H groups in total. The molecule has 9 heavy (non-hydrogen) atoms. The van der Waals surface area contributed by atoms with Gasteiger partial charge >= 0.3 is 10.4 Å². The Kier molecular flexibility index (Phi) is 2.53. The number of carbonyl (C=O) groups excluding carboxylic acids is 1. The minimum atomic E-state index is -4.89. The third kappa shape index (κ3) is 7.31. The van der Waals surface area contributed by atoms with Gasteiger partial charge in [0.25, 0.3) is 0 Å². The van der Waals surface area contributed by atoms with Crippen LogP contribution >= 0.6 is 0 Å². The predicted molar refractivity (Wildman–Crippen MR) is 23.0 cm³/mol. The van der Waals surface area contributed by atoms with Crippen molar-refractivity contribution in [3.63, 3.8) is 0 Å². The van der Waals surface area contributed by atoms with Gasteiger partial charge in [-0.15, -0.1) is 0 Å². The van der Waals surface area contributed by atoms with Crippen LogP contribution in [0.2, 0.25) is 0 Å². The highest BCUT2D eigenvalue weighted by Crippen LogP contribution is 1.79. The lowest BCUT2D eigenvalue weighted by Crippen LogP contribution is -2.36. The van der Waals surface area contributed by atoms with E-state index in [1.165, 1.54) is 0 Å². The van der Waals surface area contributed by atoms with Crippen molar-refractivity contribution in [3.05, 3.63) is 0 Å². The van der Waals surface area contributed by atoms with Gasteiger partial charge in [-0.25, -0.2) is 0 Å². The highest BCUT2D eigenvalue weighted by atomic mass is 32.3. The van der Waals surface area contributed by atoms with E-state index in [0.717, 1.165) is 4.72 Å². The Morgan fingerprint density at radius 3 is 2.22 bits per heavy atom. The first kappa shape index (κ1) is 8.31. The summed E-state index contributed by atoms with van der Waals surface area (Å²) in [5.74, 6) is -1.68. The van der Waals surface area contributed by atoms with Crippen molar-refractivity contribution in [3.8, 4) is 0 Å². The molecule has 54 valence electrons. The lowest BCUT2D eigenvalue weighted by Gasteiger charge is -1.97. The number of nitrogens with one attached hydrogen (secondary N) is 1. The fourth-order valence-corrected chi connectivity index (χ4v) is 0.435. The molecule has 0 amide bonds. The molecule has 0 spiro atoms. The van der Waals surface area contributed by atoms with Crippen molar-refractivity contribution in [1.82, 2.24) is 4.72 Å². The summed E-state index contributed by atoms with van der Waals surface area (Å²) in [5, 5.41) is 9.44. The fraction of sp³-hybridized carbons (Fsp3) is 0.500. The zero-order valence-electron chi connectivity index (χ0n) is 4.13. The van der Waals surface area contributed by atoms with E-state index in [4.69, 9.17) is 0 Å². The van der Waals surface area contributed by atoms with Crippen LogP contribution in [0.25, 0.3) is 0 Å². The number of carboxylic acid groups (broad SMARTS) is 1. The van der Waals surface area contributed by atoms with E-state index in [1.807, 2.05) is 0 Å². The van der Waals surface area contributed by atoms with Crippen LogP contribution in [0, 0.1) is 0 Å². The highest BCUT2D eigenvalue weighted by molar-refractivity contribution is 7.84. The molecule has 0 saturated heterocycles. The van der Waals surface area contributed by atoms with Crippen LogP contribution in [-0.2, 0) is 15.2 Å². The molecule has 7 heteroatoms. The van der Waals surface area contributed by atoms with Crippen molar-refractivity contribution in [2.24, 2.45) is 0 Å². The SMILES string of the molecule is O=C([O-])CNS(=O)(=O)F. The molecule has 5 nitrogen and oxygen atoms in total. The first-order chi connectivity index (χ1) is 3.92. The lowest BCUT2D eigenvalue weighted by atomic mass is 10.7. The van der Waals surface area contributed by atoms with Gasteiger partial charge in [-0.2, -0.15) is 13.1 Å². The quantitative estimate of drug-likeness (QED) is 0.459. The van der Waals surface area contributed by atoms with Gasteiger partial charge in [0.2, 0.25) is 0 Å². The Labute approximate surface area is 50.8 Å². The van der Waals surface area contributed by atoms with Crippen LogP contribution in [0.1, 0.15) is 0 Å².